The van der Waals surface area contributed by atoms with Crippen LogP contribution in [0.3, 0.4) is 0 Å². The summed E-state index contributed by atoms with van der Waals surface area (Å²) >= 11 is 1.98. The van der Waals surface area contributed by atoms with Gasteiger partial charge in [0, 0.05) is 81.4 Å². The van der Waals surface area contributed by atoms with E-state index < -0.39 is 0 Å². The molecule has 0 bridgehead atoms. The fourth-order valence-corrected chi connectivity index (χ4v) is 14.9. The van der Waals surface area contributed by atoms with Crippen LogP contribution in [0.2, 0.25) is 0 Å². The van der Waals surface area contributed by atoms with Crippen molar-refractivity contribution in [3.05, 3.63) is 161 Å². The monoisotopic (exact) mass is 896 g/mol. The van der Waals surface area contributed by atoms with E-state index >= 15 is 0 Å². The molecule has 8 aromatic carbocycles. The highest BCUT2D eigenvalue weighted by molar-refractivity contribution is 7.27. The van der Waals surface area contributed by atoms with E-state index in [1.165, 1.54) is 133 Å². The van der Waals surface area contributed by atoms with Crippen LogP contribution < -0.4 is 15.7 Å². The predicted octanol–water partition coefficient (Wildman–Crippen LogP) is 16.2. The zero-order valence-electron chi connectivity index (χ0n) is 40.4. The smallest absolute Gasteiger partial charge is 0.333 e. The van der Waals surface area contributed by atoms with Crippen molar-refractivity contribution >= 4 is 104 Å². The molecule has 5 heterocycles. The Bertz CT molecular complexity index is 4110. The standard InChI is InChI=1S/C63H53BN2OS/c1-60(2,3)34-22-24-35(25-23-34)66-49-33-52-40(37-17-11-14-20-51(37)67-52)28-41(49)56-57-58-54(55-38-18-12-15-21-53(38)68-59(55)56)42-29-45-46(62(6,7)27-26-61(45,4)5)32-48(42)65(58)50-31-44-39(30-47(50)64(57)66)36-16-10-13-19-43(36)63(44,8)9/h10-25,28-33H,26-27H2,1-9H3. The van der Waals surface area contributed by atoms with Gasteiger partial charge in [0.25, 0.3) is 0 Å². The van der Waals surface area contributed by atoms with Gasteiger partial charge in [0.15, 0.2) is 0 Å². The van der Waals surface area contributed by atoms with Crippen LogP contribution in [0.15, 0.2) is 138 Å². The number of para-hydroxylation sites is 1. The normalized spacial score (nSPS) is 17.1. The summed E-state index contributed by atoms with van der Waals surface area (Å²) in [7, 11) is 0. The number of rotatable bonds is 1. The molecule has 15 rings (SSSR count). The van der Waals surface area contributed by atoms with Crippen LogP contribution in [0.5, 0.6) is 0 Å². The van der Waals surface area contributed by atoms with Gasteiger partial charge < -0.3 is 13.8 Å². The second-order valence-electron chi connectivity index (χ2n) is 23.5. The first kappa shape index (κ1) is 39.4. The predicted molar refractivity (Wildman–Crippen MR) is 292 cm³/mol. The molecule has 0 fully saturated rings. The number of hydrogen-bond acceptors (Lipinski definition) is 3. The Hall–Kier alpha value is -6.56. The van der Waals surface area contributed by atoms with Crippen LogP contribution in [0.25, 0.3) is 91.9 Å². The summed E-state index contributed by atoms with van der Waals surface area (Å²) < 4.78 is 12.3. The van der Waals surface area contributed by atoms with Crippen molar-refractivity contribution in [3.63, 3.8) is 0 Å². The molecular formula is C63H53BN2OS. The number of anilines is 2. The van der Waals surface area contributed by atoms with Crippen LogP contribution in [-0.4, -0.2) is 11.4 Å². The quantitative estimate of drug-likeness (QED) is 0.153. The molecule has 0 N–H and O–H groups in total. The lowest BCUT2D eigenvalue weighted by Gasteiger charge is -2.43. The molecule has 3 nitrogen and oxygen atoms in total. The van der Waals surface area contributed by atoms with Gasteiger partial charge in [-0.25, -0.2) is 0 Å². The lowest BCUT2D eigenvalue weighted by molar-refractivity contribution is 0.332. The first-order valence-electron chi connectivity index (χ1n) is 24.7. The molecule has 0 saturated carbocycles. The Morgan fingerprint density at radius 2 is 1.28 bits per heavy atom. The number of nitrogens with zero attached hydrogens (tertiary/aromatic N) is 2. The Kier molecular flexibility index (Phi) is 7.28. The minimum atomic E-state index is -0.165. The molecule has 11 aromatic rings. The molecule has 3 aromatic heterocycles. The number of hydrogen-bond donors (Lipinski definition) is 0. The molecule has 68 heavy (non-hydrogen) atoms. The topological polar surface area (TPSA) is 21.3 Å². The van der Waals surface area contributed by atoms with Gasteiger partial charge in [-0.15, -0.1) is 11.3 Å². The molecule has 5 heteroatoms. The fourth-order valence-electron chi connectivity index (χ4n) is 13.6. The lowest BCUT2D eigenvalue weighted by atomic mass is 9.43. The van der Waals surface area contributed by atoms with Gasteiger partial charge in [0.2, 0.25) is 0 Å². The number of fused-ring (bicyclic) bond motifs is 20. The minimum Gasteiger partial charge on any atom is -0.456 e. The average molecular weight is 897 g/mol. The largest absolute Gasteiger partial charge is 0.456 e. The van der Waals surface area contributed by atoms with Crippen molar-refractivity contribution in [1.82, 2.24) is 4.57 Å². The Balaban J connectivity index is 1.20. The van der Waals surface area contributed by atoms with Gasteiger partial charge >= 0.3 is 6.85 Å². The van der Waals surface area contributed by atoms with Crippen molar-refractivity contribution in [2.24, 2.45) is 0 Å². The molecule has 0 atom stereocenters. The van der Waals surface area contributed by atoms with E-state index in [4.69, 9.17) is 4.42 Å². The Morgan fingerprint density at radius 1 is 0.574 bits per heavy atom. The van der Waals surface area contributed by atoms with Crippen molar-refractivity contribution in [2.45, 2.75) is 96.8 Å². The van der Waals surface area contributed by atoms with Crippen LogP contribution >= 0.6 is 11.3 Å². The molecule has 0 radical (unpaired) electrons. The summed E-state index contributed by atoms with van der Waals surface area (Å²) in [5.74, 6) is 0. The molecule has 330 valence electrons. The fraction of sp³-hybridized carbons (Fsp3) is 0.238. The maximum Gasteiger partial charge on any atom is 0.333 e. The van der Waals surface area contributed by atoms with Gasteiger partial charge in [0.1, 0.15) is 11.2 Å². The highest BCUT2D eigenvalue weighted by Crippen LogP contribution is 2.57. The molecule has 0 spiro atoms. The zero-order valence-corrected chi connectivity index (χ0v) is 41.2. The van der Waals surface area contributed by atoms with Gasteiger partial charge in [-0.3, -0.25) is 0 Å². The Morgan fingerprint density at radius 3 is 2.06 bits per heavy atom. The van der Waals surface area contributed by atoms with Gasteiger partial charge in [-0.2, -0.15) is 0 Å². The van der Waals surface area contributed by atoms with Gasteiger partial charge in [0.05, 0.1) is 11.0 Å². The van der Waals surface area contributed by atoms with Crippen LogP contribution in [0.4, 0.5) is 11.4 Å². The number of aromatic nitrogens is 1. The maximum atomic E-state index is 6.83. The van der Waals surface area contributed by atoms with Crippen molar-refractivity contribution in [2.75, 3.05) is 4.81 Å². The summed E-state index contributed by atoms with van der Waals surface area (Å²) in [4.78, 5) is 2.70. The summed E-state index contributed by atoms with van der Waals surface area (Å²) in [5, 5.41) is 7.82. The maximum absolute atomic E-state index is 6.83. The molecule has 4 aliphatic rings. The molecule has 0 unspecified atom stereocenters. The van der Waals surface area contributed by atoms with Crippen molar-refractivity contribution < 1.29 is 4.42 Å². The number of benzene rings is 8. The van der Waals surface area contributed by atoms with Gasteiger partial charge in [-0.05, 0) is 127 Å². The highest BCUT2D eigenvalue weighted by atomic mass is 32.1. The first-order valence-corrected chi connectivity index (χ1v) is 25.6. The second-order valence-corrected chi connectivity index (χ2v) is 24.5. The van der Waals surface area contributed by atoms with Crippen molar-refractivity contribution in [1.29, 1.82) is 0 Å². The van der Waals surface area contributed by atoms with Crippen molar-refractivity contribution in [3.8, 4) is 27.9 Å². The van der Waals surface area contributed by atoms with E-state index in [2.05, 4.69) is 205 Å². The first-order chi connectivity index (χ1) is 32.6. The summed E-state index contributed by atoms with van der Waals surface area (Å²) in [6.07, 6.45) is 2.34. The third-order valence-electron chi connectivity index (χ3n) is 17.4. The SMILES string of the molecule is CC(C)(C)c1ccc(N2B3c4cc5c(cc4-n4c6cc7c(cc6c6c8c(sc9ccccc98)c(c3c64)-c3cc4c(cc32)oc2ccccc24)C(C)(C)CCC7(C)C)C(C)(C)c2ccccc2-5)cc1. The minimum absolute atomic E-state index is 0.0196. The number of furan rings is 1. The Labute approximate surface area is 402 Å². The lowest BCUT2D eigenvalue weighted by Crippen LogP contribution is -2.60. The van der Waals surface area contributed by atoms with E-state index in [0.717, 1.165) is 21.9 Å². The summed E-state index contributed by atoms with van der Waals surface area (Å²) in [5.41, 5.74) is 23.4. The van der Waals surface area contributed by atoms with E-state index in [1.807, 2.05) is 11.3 Å². The summed E-state index contributed by atoms with van der Waals surface area (Å²) in [6, 6.07) is 51.9. The molecule has 2 aliphatic carbocycles. The number of thiophene rings is 1. The molecular weight excluding hydrogens is 844 g/mol. The van der Waals surface area contributed by atoms with Crippen LogP contribution in [-0.2, 0) is 21.7 Å². The summed E-state index contributed by atoms with van der Waals surface area (Å²) in [6.45, 7) is 21.6. The van der Waals surface area contributed by atoms with Crippen LogP contribution in [0, 0.1) is 0 Å². The zero-order chi connectivity index (χ0) is 46.1. The molecule has 0 saturated heterocycles. The average Bonchev–Trinajstić information content (AvgIpc) is 4.05. The van der Waals surface area contributed by atoms with Crippen LogP contribution in [0.1, 0.15) is 103 Å². The van der Waals surface area contributed by atoms with E-state index in [0.29, 0.717) is 0 Å². The molecule has 2 aliphatic heterocycles. The second kappa shape index (κ2) is 12.6. The third-order valence-corrected chi connectivity index (χ3v) is 18.6. The highest BCUT2D eigenvalue weighted by Gasteiger charge is 2.48. The van der Waals surface area contributed by atoms with E-state index in [9.17, 15) is 0 Å². The van der Waals surface area contributed by atoms with E-state index in [1.54, 1.807) is 0 Å². The van der Waals surface area contributed by atoms with Gasteiger partial charge in [-0.1, -0.05) is 141 Å². The van der Waals surface area contributed by atoms with E-state index in [-0.39, 0.29) is 28.5 Å². The third kappa shape index (κ3) is 4.81. The molecule has 0 amide bonds.